The highest BCUT2D eigenvalue weighted by Crippen LogP contribution is 2.51. The maximum atomic E-state index is 12.4. The third kappa shape index (κ3) is 5.77. The van der Waals surface area contributed by atoms with Crippen LogP contribution in [0.5, 0.6) is 0 Å². The van der Waals surface area contributed by atoms with Gasteiger partial charge in [-0.1, -0.05) is 20.3 Å². The third-order valence-corrected chi connectivity index (χ3v) is 6.76. The molecule has 3 N–H and O–H groups in total. The summed E-state index contributed by atoms with van der Waals surface area (Å²) in [6.07, 6.45) is 6.79. The average molecular weight is 521 g/mol. The van der Waals surface area contributed by atoms with E-state index in [1.165, 1.54) is 6.42 Å². The monoisotopic (exact) mass is 520 g/mol. The fourth-order valence-electron chi connectivity index (χ4n) is 5.41. The Kier molecular flexibility index (Phi) is 9.06. The lowest BCUT2D eigenvalue weighted by Gasteiger charge is -2.60. The number of carbonyl (C=O) groups is 1. The first-order chi connectivity index (χ1) is 13.3. The maximum Gasteiger partial charge on any atom is 0.223 e. The minimum absolute atomic E-state index is 0. The number of carbonyl (C=O) groups excluding carboxylic acids is 1. The molecule has 2 saturated carbocycles. The molecule has 1 aliphatic heterocycles. The van der Waals surface area contributed by atoms with Crippen LogP contribution in [0.15, 0.2) is 4.99 Å². The predicted octanol–water partition coefficient (Wildman–Crippen LogP) is 3.45. The number of rotatable bonds is 5. The van der Waals surface area contributed by atoms with E-state index >= 15 is 0 Å². The molecule has 1 amide bonds. The highest BCUT2D eigenvalue weighted by Gasteiger charge is 2.58. The molecule has 7 heteroatoms. The smallest absolute Gasteiger partial charge is 0.223 e. The summed E-state index contributed by atoms with van der Waals surface area (Å²) in [5, 5.41) is 10.4. The summed E-state index contributed by atoms with van der Waals surface area (Å²) >= 11 is 0. The van der Waals surface area contributed by atoms with Gasteiger partial charge in [-0.3, -0.25) is 9.79 Å². The van der Waals surface area contributed by atoms with Crippen LogP contribution in [0.2, 0.25) is 0 Å². The van der Waals surface area contributed by atoms with Crippen molar-refractivity contribution in [1.29, 1.82) is 0 Å². The molecule has 0 aromatic rings. The summed E-state index contributed by atoms with van der Waals surface area (Å²) in [5.41, 5.74) is 0.119. The van der Waals surface area contributed by atoms with Crippen LogP contribution in [0.3, 0.4) is 0 Å². The first-order valence-corrected chi connectivity index (χ1v) is 11.3. The first-order valence-electron chi connectivity index (χ1n) is 11.3. The second-order valence-corrected chi connectivity index (χ2v) is 9.73. The largest absolute Gasteiger partial charge is 0.377 e. The summed E-state index contributed by atoms with van der Waals surface area (Å²) in [6, 6.07) is 0.890. The van der Waals surface area contributed by atoms with Crippen molar-refractivity contribution >= 4 is 35.8 Å². The molecule has 1 heterocycles. The van der Waals surface area contributed by atoms with Crippen LogP contribution in [0, 0.1) is 17.3 Å². The molecular weight excluding hydrogens is 479 g/mol. The van der Waals surface area contributed by atoms with Crippen molar-refractivity contribution < 1.29 is 9.53 Å². The molecule has 29 heavy (non-hydrogen) atoms. The second-order valence-electron chi connectivity index (χ2n) is 9.73. The Morgan fingerprint density at radius 2 is 1.93 bits per heavy atom. The highest BCUT2D eigenvalue weighted by atomic mass is 127. The standard InChI is InChI=1S/C22H40N4O2.HI/c1-6-23-21(26-18-17-11-8-12-28-19(17)22(18,4)5)25-16-10-7-9-15(13-16)20(27)24-14(2)3;/h14-19H,6-13H2,1-5H3,(H,24,27)(H2,23,25,26);1H. The van der Waals surface area contributed by atoms with Crippen LogP contribution in [0.4, 0.5) is 0 Å². The average Bonchev–Trinajstić information content (AvgIpc) is 2.66. The molecule has 2 aliphatic carbocycles. The van der Waals surface area contributed by atoms with Gasteiger partial charge in [0.05, 0.1) is 6.10 Å². The van der Waals surface area contributed by atoms with Crippen LogP contribution in [-0.2, 0) is 9.53 Å². The topological polar surface area (TPSA) is 74.8 Å². The van der Waals surface area contributed by atoms with Crippen molar-refractivity contribution in [3.8, 4) is 0 Å². The number of halogens is 1. The van der Waals surface area contributed by atoms with Gasteiger partial charge >= 0.3 is 0 Å². The van der Waals surface area contributed by atoms with Crippen molar-refractivity contribution in [2.75, 3.05) is 13.2 Å². The summed E-state index contributed by atoms with van der Waals surface area (Å²) < 4.78 is 6.04. The molecule has 1 saturated heterocycles. The van der Waals surface area contributed by atoms with E-state index in [1.54, 1.807) is 0 Å². The molecular formula is C22H41IN4O2. The van der Waals surface area contributed by atoms with Gasteiger partial charge in [0, 0.05) is 48.5 Å². The number of ether oxygens (including phenoxy) is 1. The van der Waals surface area contributed by atoms with E-state index in [-0.39, 0.29) is 47.3 Å². The molecule has 3 rings (SSSR count). The van der Waals surface area contributed by atoms with E-state index in [0.717, 1.165) is 51.2 Å². The SMILES string of the molecule is CCN=C(NC1CCCC(C(=O)NC(C)C)C1)NC1C2CCCOC2C1(C)C.I. The highest BCUT2D eigenvalue weighted by molar-refractivity contribution is 14.0. The van der Waals surface area contributed by atoms with E-state index in [0.29, 0.717) is 24.1 Å². The van der Waals surface area contributed by atoms with E-state index < -0.39 is 0 Å². The Morgan fingerprint density at radius 1 is 1.17 bits per heavy atom. The Labute approximate surface area is 193 Å². The van der Waals surface area contributed by atoms with Gasteiger partial charge in [-0.05, 0) is 52.9 Å². The zero-order valence-corrected chi connectivity index (χ0v) is 21.1. The third-order valence-electron chi connectivity index (χ3n) is 6.76. The number of nitrogens with zero attached hydrogens (tertiary/aromatic N) is 1. The Hall–Kier alpha value is -0.570. The number of nitrogens with one attached hydrogen (secondary N) is 3. The van der Waals surface area contributed by atoms with Gasteiger partial charge in [0.1, 0.15) is 0 Å². The fraction of sp³-hybridized carbons (Fsp3) is 0.909. The lowest BCUT2D eigenvalue weighted by atomic mass is 9.55. The van der Waals surface area contributed by atoms with Gasteiger partial charge in [-0.15, -0.1) is 24.0 Å². The zero-order valence-electron chi connectivity index (χ0n) is 18.8. The number of amides is 1. The summed E-state index contributed by atoms with van der Waals surface area (Å²) in [7, 11) is 0. The van der Waals surface area contributed by atoms with E-state index in [4.69, 9.17) is 9.73 Å². The van der Waals surface area contributed by atoms with Crippen LogP contribution >= 0.6 is 24.0 Å². The van der Waals surface area contributed by atoms with Crippen molar-refractivity contribution in [2.24, 2.45) is 22.2 Å². The molecule has 168 valence electrons. The predicted molar refractivity (Wildman–Crippen MR) is 129 cm³/mol. The van der Waals surface area contributed by atoms with Crippen LogP contribution in [0.1, 0.15) is 73.1 Å². The Balaban J connectivity index is 0.00000300. The van der Waals surface area contributed by atoms with Crippen LogP contribution in [0.25, 0.3) is 0 Å². The molecule has 3 aliphatic rings. The van der Waals surface area contributed by atoms with Crippen LogP contribution < -0.4 is 16.0 Å². The minimum atomic E-state index is 0. The number of aliphatic imine (C=N–C) groups is 1. The molecule has 3 fully saturated rings. The van der Waals surface area contributed by atoms with Crippen molar-refractivity contribution in [3.63, 3.8) is 0 Å². The summed E-state index contributed by atoms with van der Waals surface area (Å²) in [4.78, 5) is 17.2. The molecule has 6 nitrogen and oxygen atoms in total. The fourth-order valence-corrected chi connectivity index (χ4v) is 5.41. The van der Waals surface area contributed by atoms with Gasteiger partial charge in [0.2, 0.25) is 5.91 Å². The van der Waals surface area contributed by atoms with E-state index in [1.807, 2.05) is 13.8 Å². The quantitative estimate of drug-likeness (QED) is 0.295. The molecule has 0 aromatic heterocycles. The number of hydrogen-bond donors (Lipinski definition) is 3. The minimum Gasteiger partial charge on any atom is -0.377 e. The summed E-state index contributed by atoms with van der Waals surface area (Å²) in [6.45, 7) is 12.4. The normalized spacial score (nSPS) is 33.7. The van der Waals surface area contributed by atoms with Gasteiger partial charge in [0.15, 0.2) is 5.96 Å². The first kappa shape index (κ1) is 24.7. The molecule has 0 bridgehead atoms. The number of guanidine groups is 1. The van der Waals surface area contributed by atoms with Crippen molar-refractivity contribution in [1.82, 2.24) is 16.0 Å². The molecule has 0 radical (unpaired) electrons. The number of hydrogen-bond acceptors (Lipinski definition) is 3. The molecule has 0 aromatic carbocycles. The van der Waals surface area contributed by atoms with Crippen molar-refractivity contribution in [3.05, 3.63) is 0 Å². The van der Waals surface area contributed by atoms with Crippen molar-refractivity contribution in [2.45, 2.75) is 97.4 Å². The molecule has 5 unspecified atom stereocenters. The van der Waals surface area contributed by atoms with Gasteiger partial charge in [-0.25, -0.2) is 0 Å². The summed E-state index contributed by atoms with van der Waals surface area (Å²) in [5.74, 6) is 1.78. The Bertz CT molecular complexity index is 581. The Morgan fingerprint density at radius 3 is 2.62 bits per heavy atom. The second kappa shape index (κ2) is 10.6. The van der Waals surface area contributed by atoms with E-state index in [2.05, 4.69) is 36.7 Å². The van der Waals surface area contributed by atoms with Gasteiger partial charge in [-0.2, -0.15) is 0 Å². The maximum absolute atomic E-state index is 12.4. The van der Waals surface area contributed by atoms with E-state index in [9.17, 15) is 4.79 Å². The number of fused-ring (bicyclic) bond motifs is 1. The van der Waals surface area contributed by atoms with Crippen LogP contribution in [-0.4, -0.2) is 49.2 Å². The lowest BCUT2D eigenvalue weighted by molar-refractivity contribution is -0.188. The molecule has 5 atom stereocenters. The molecule has 0 spiro atoms. The lowest BCUT2D eigenvalue weighted by Crippen LogP contribution is -2.71. The zero-order chi connectivity index (χ0) is 20.3. The van der Waals surface area contributed by atoms with Gasteiger partial charge < -0.3 is 20.7 Å². The van der Waals surface area contributed by atoms with Gasteiger partial charge in [0.25, 0.3) is 0 Å².